The van der Waals surface area contributed by atoms with Crippen LogP contribution in [0.25, 0.3) is 0 Å². The molecule has 5 nitrogen and oxygen atoms in total. The molecule has 2 aromatic heterocycles. The van der Waals surface area contributed by atoms with Crippen molar-refractivity contribution in [1.82, 2.24) is 24.8 Å². The molecular weight excluding hydrogens is 294 g/mol. The average Bonchev–Trinajstić information content (AvgIpc) is 3.08. The Kier molecular flexibility index (Phi) is 4.34. The summed E-state index contributed by atoms with van der Waals surface area (Å²) >= 11 is 1.84. The van der Waals surface area contributed by atoms with Crippen molar-refractivity contribution in [2.24, 2.45) is 7.05 Å². The van der Waals surface area contributed by atoms with Crippen molar-refractivity contribution in [1.29, 1.82) is 0 Å². The van der Waals surface area contributed by atoms with Crippen LogP contribution in [-0.4, -0.2) is 39.1 Å². The van der Waals surface area contributed by atoms with Crippen LogP contribution < -0.4 is 5.32 Å². The smallest absolute Gasteiger partial charge is 0.127 e. The van der Waals surface area contributed by atoms with Crippen LogP contribution in [0.2, 0.25) is 0 Å². The minimum Gasteiger partial charge on any atom is -0.337 e. The Morgan fingerprint density at radius 3 is 2.82 bits per heavy atom. The number of thiazole rings is 1. The molecular formula is C16H25N5S. The van der Waals surface area contributed by atoms with E-state index in [-0.39, 0.29) is 5.41 Å². The molecule has 1 N–H and O–H groups in total. The van der Waals surface area contributed by atoms with Gasteiger partial charge in [0.1, 0.15) is 5.82 Å². The third-order valence-electron chi connectivity index (χ3n) is 4.06. The van der Waals surface area contributed by atoms with Gasteiger partial charge in [0.25, 0.3) is 0 Å². The Hall–Kier alpha value is -1.24. The molecule has 3 rings (SSSR count). The van der Waals surface area contributed by atoms with Crippen LogP contribution in [0.3, 0.4) is 0 Å². The number of imidazole rings is 1. The number of hydrogen-bond acceptors (Lipinski definition) is 5. The van der Waals surface area contributed by atoms with E-state index in [4.69, 9.17) is 0 Å². The quantitative estimate of drug-likeness (QED) is 0.943. The van der Waals surface area contributed by atoms with E-state index in [9.17, 15) is 0 Å². The zero-order valence-corrected chi connectivity index (χ0v) is 14.7. The lowest BCUT2D eigenvalue weighted by Gasteiger charge is -2.35. The molecule has 1 fully saturated rings. The fourth-order valence-corrected chi connectivity index (χ4v) is 3.81. The van der Waals surface area contributed by atoms with Crippen LogP contribution in [0.5, 0.6) is 0 Å². The molecule has 0 bridgehead atoms. The van der Waals surface area contributed by atoms with E-state index in [0.717, 1.165) is 32.0 Å². The Morgan fingerprint density at radius 2 is 2.18 bits per heavy atom. The van der Waals surface area contributed by atoms with Gasteiger partial charge in [-0.3, -0.25) is 4.90 Å². The van der Waals surface area contributed by atoms with Crippen LogP contribution in [0.15, 0.2) is 18.6 Å². The molecule has 0 aliphatic carbocycles. The van der Waals surface area contributed by atoms with E-state index in [2.05, 4.69) is 52.6 Å². The van der Waals surface area contributed by atoms with Crippen LogP contribution in [0, 0.1) is 0 Å². The molecule has 3 heterocycles. The predicted octanol–water partition coefficient (Wildman–Crippen LogP) is 2.32. The first kappa shape index (κ1) is 15.6. The molecule has 1 aliphatic rings. The summed E-state index contributed by atoms with van der Waals surface area (Å²) in [5, 5.41) is 4.70. The first-order chi connectivity index (χ1) is 10.4. The van der Waals surface area contributed by atoms with Crippen molar-refractivity contribution in [3.05, 3.63) is 34.3 Å². The number of aromatic nitrogens is 3. The number of rotatable bonds is 3. The molecule has 0 aromatic carbocycles. The third kappa shape index (κ3) is 3.24. The van der Waals surface area contributed by atoms with E-state index in [1.807, 2.05) is 29.9 Å². The first-order valence-electron chi connectivity index (χ1n) is 7.82. The summed E-state index contributed by atoms with van der Waals surface area (Å²) in [4.78, 5) is 13.0. The Bertz CT molecular complexity index is 625. The van der Waals surface area contributed by atoms with Gasteiger partial charge in [0.05, 0.1) is 11.0 Å². The highest BCUT2D eigenvalue weighted by Gasteiger charge is 2.27. The van der Waals surface area contributed by atoms with Crippen molar-refractivity contribution in [3.8, 4) is 0 Å². The fourth-order valence-electron chi connectivity index (χ4n) is 2.82. The molecule has 1 atom stereocenters. The maximum Gasteiger partial charge on any atom is 0.127 e. The second-order valence-electron chi connectivity index (χ2n) is 6.97. The molecule has 0 saturated carbocycles. The third-order valence-corrected chi connectivity index (χ3v) is 5.47. The Labute approximate surface area is 136 Å². The van der Waals surface area contributed by atoms with Gasteiger partial charge in [-0.2, -0.15) is 0 Å². The first-order valence-corrected chi connectivity index (χ1v) is 8.64. The van der Waals surface area contributed by atoms with Gasteiger partial charge in [0, 0.05) is 62.1 Å². The predicted molar refractivity (Wildman–Crippen MR) is 90.0 cm³/mol. The van der Waals surface area contributed by atoms with Gasteiger partial charge < -0.3 is 9.88 Å². The van der Waals surface area contributed by atoms with Crippen LogP contribution in [-0.2, 0) is 19.0 Å². The molecule has 1 aliphatic heterocycles. The van der Waals surface area contributed by atoms with Crippen LogP contribution in [0.4, 0.5) is 0 Å². The number of nitrogens with one attached hydrogen (secondary N) is 1. The summed E-state index contributed by atoms with van der Waals surface area (Å²) in [6.45, 7) is 10.6. The monoisotopic (exact) mass is 319 g/mol. The second kappa shape index (κ2) is 6.10. The van der Waals surface area contributed by atoms with Gasteiger partial charge in [-0.25, -0.2) is 9.97 Å². The molecule has 1 saturated heterocycles. The molecule has 22 heavy (non-hydrogen) atoms. The Morgan fingerprint density at radius 1 is 1.36 bits per heavy atom. The van der Waals surface area contributed by atoms with Crippen molar-refractivity contribution in [2.75, 3.05) is 19.6 Å². The zero-order chi connectivity index (χ0) is 15.7. The highest BCUT2D eigenvalue weighted by Crippen LogP contribution is 2.29. The minimum atomic E-state index is 0.130. The van der Waals surface area contributed by atoms with Crippen LogP contribution in [0.1, 0.15) is 42.5 Å². The van der Waals surface area contributed by atoms with Gasteiger partial charge in [0.2, 0.25) is 0 Å². The molecule has 6 heteroatoms. The number of hydrogen-bond donors (Lipinski definition) is 1. The number of nitrogens with zero attached hydrogens (tertiary/aromatic N) is 4. The topological polar surface area (TPSA) is 46.0 Å². The van der Waals surface area contributed by atoms with Crippen molar-refractivity contribution in [2.45, 2.75) is 38.8 Å². The van der Waals surface area contributed by atoms with Gasteiger partial charge >= 0.3 is 0 Å². The van der Waals surface area contributed by atoms with E-state index >= 15 is 0 Å². The lowest BCUT2D eigenvalue weighted by Crippen LogP contribution is -2.46. The lowest BCUT2D eigenvalue weighted by molar-refractivity contribution is 0.146. The zero-order valence-electron chi connectivity index (χ0n) is 13.8. The van der Waals surface area contributed by atoms with Crippen molar-refractivity contribution >= 4 is 11.3 Å². The SMILES string of the molecule is Cn1ccnc1C1CNCCN1Cc1cnc(C(C)(C)C)s1. The van der Waals surface area contributed by atoms with Crippen molar-refractivity contribution < 1.29 is 0 Å². The van der Waals surface area contributed by atoms with E-state index < -0.39 is 0 Å². The summed E-state index contributed by atoms with van der Waals surface area (Å²) < 4.78 is 2.12. The number of piperazine rings is 1. The normalized spacial score (nSPS) is 20.5. The highest BCUT2D eigenvalue weighted by molar-refractivity contribution is 7.11. The molecule has 0 spiro atoms. The van der Waals surface area contributed by atoms with Gasteiger partial charge in [-0.15, -0.1) is 11.3 Å². The fraction of sp³-hybridized carbons (Fsp3) is 0.625. The van der Waals surface area contributed by atoms with Gasteiger partial charge in [0.15, 0.2) is 0 Å². The largest absolute Gasteiger partial charge is 0.337 e. The van der Waals surface area contributed by atoms with E-state index in [1.165, 1.54) is 9.88 Å². The van der Waals surface area contributed by atoms with Crippen molar-refractivity contribution in [3.63, 3.8) is 0 Å². The standard InChI is InChI=1S/C16H25N5S/c1-16(2,3)15-19-9-12(22-15)11-21-8-5-17-10-13(21)14-18-6-7-20(14)4/h6-7,9,13,17H,5,8,10-11H2,1-4H3. The molecule has 120 valence electrons. The molecule has 1 unspecified atom stereocenters. The molecule has 2 aromatic rings. The highest BCUT2D eigenvalue weighted by atomic mass is 32.1. The summed E-state index contributed by atoms with van der Waals surface area (Å²) in [6, 6.07) is 0.328. The van der Waals surface area contributed by atoms with Gasteiger partial charge in [-0.1, -0.05) is 20.8 Å². The summed E-state index contributed by atoms with van der Waals surface area (Å²) in [5.74, 6) is 1.13. The van der Waals surface area contributed by atoms with Crippen LogP contribution >= 0.6 is 11.3 Å². The Balaban J connectivity index is 1.77. The van der Waals surface area contributed by atoms with E-state index in [1.54, 1.807) is 0 Å². The average molecular weight is 319 g/mol. The van der Waals surface area contributed by atoms with Gasteiger partial charge in [-0.05, 0) is 0 Å². The second-order valence-corrected chi connectivity index (χ2v) is 8.08. The molecule has 0 radical (unpaired) electrons. The van der Waals surface area contributed by atoms with E-state index in [0.29, 0.717) is 6.04 Å². The number of aryl methyl sites for hydroxylation is 1. The minimum absolute atomic E-state index is 0.130. The summed E-state index contributed by atoms with van der Waals surface area (Å²) in [5.41, 5.74) is 0.130. The summed E-state index contributed by atoms with van der Waals surface area (Å²) in [7, 11) is 2.07. The lowest BCUT2D eigenvalue weighted by atomic mass is 9.98. The maximum atomic E-state index is 4.61. The molecule has 0 amide bonds. The maximum absolute atomic E-state index is 4.61. The summed E-state index contributed by atoms with van der Waals surface area (Å²) in [6.07, 6.45) is 5.95.